The van der Waals surface area contributed by atoms with Crippen molar-refractivity contribution in [2.24, 2.45) is 5.92 Å². The second kappa shape index (κ2) is 6.79. The molecule has 0 saturated heterocycles. The van der Waals surface area contributed by atoms with Gasteiger partial charge in [-0.2, -0.15) is 0 Å². The number of benzene rings is 1. The zero-order valence-corrected chi connectivity index (χ0v) is 11.8. The number of hydrogen-bond acceptors (Lipinski definition) is 2. The molecule has 0 spiro atoms. The molecule has 2 rings (SSSR count). The number of anilines is 1. The maximum absolute atomic E-state index is 3.56. The van der Waals surface area contributed by atoms with Crippen molar-refractivity contribution in [3.05, 3.63) is 29.8 Å². The minimum atomic E-state index is 0.831. The van der Waals surface area contributed by atoms with Crippen molar-refractivity contribution in [2.75, 3.05) is 31.1 Å². The number of nitrogens with one attached hydrogen (secondary N) is 1. The molecule has 0 atom stereocenters. The molecular weight excluding hydrogens is 220 g/mol. The van der Waals surface area contributed by atoms with Crippen LogP contribution in [0.5, 0.6) is 0 Å². The highest BCUT2D eigenvalue weighted by molar-refractivity contribution is 5.57. The lowest BCUT2D eigenvalue weighted by Gasteiger charge is -2.19. The van der Waals surface area contributed by atoms with E-state index in [2.05, 4.69) is 48.3 Å². The highest BCUT2D eigenvalue weighted by atomic mass is 15.2. The minimum Gasteiger partial charge on any atom is -0.370 e. The Morgan fingerprint density at radius 3 is 2.89 bits per heavy atom. The smallest absolute Gasteiger partial charge is 0.0399 e. The molecule has 0 amide bonds. The van der Waals surface area contributed by atoms with Crippen LogP contribution < -0.4 is 10.2 Å². The SMILES string of the molecule is CC(C)CCCNCCN1CCc2ccccc21. The standard InChI is InChI=1S/C16H26N2/c1-14(2)6-5-10-17-11-13-18-12-9-15-7-3-4-8-16(15)18/h3-4,7-8,14,17H,5-6,9-13H2,1-2H3. The van der Waals surface area contributed by atoms with E-state index in [1.54, 1.807) is 0 Å². The molecule has 18 heavy (non-hydrogen) atoms. The predicted molar refractivity (Wildman–Crippen MR) is 79.3 cm³/mol. The largest absolute Gasteiger partial charge is 0.370 e. The molecule has 0 aromatic heterocycles. The van der Waals surface area contributed by atoms with Gasteiger partial charge in [0.15, 0.2) is 0 Å². The van der Waals surface area contributed by atoms with Crippen molar-refractivity contribution in [1.82, 2.24) is 5.32 Å². The van der Waals surface area contributed by atoms with Crippen LogP contribution in [0.15, 0.2) is 24.3 Å². The van der Waals surface area contributed by atoms with Crippen LogP contribution in [0, 0.1) is 5.92 Å². The normalized spacial score (nSPS) is 14.3. The van der Waals surface area contributed by atoms with Gasteiger partial charge in [0.2, 0.25) is 0 Å². The summed E-state index contributed by atoms with van der Waals surface area (Å²) in [7, 11) is 0. The first-order valence-electron chi connectivity index (χ1n) is 7.31. The third kappa shape index (κ3) is 3.74. The van der Waals surface area contributed by atoms with Crippen LogP contribution in [0.2, 0.25) is 0 Å². The van der Waals surface area contributed by atoms with Crippen molar-refractivity contribution in [3.63, 3.8) is 0 Å². The van der Waals surface area contributed by atoms with Gasteiger partial charge >= 0.3 is 0 Å². The van der Waals surface area contributed by atoms with E-state index in [9.17, 15) is 0 Å². The van der Waals surface area contributed by atoms with Gasteiger partial charge in [0, 0.05) is 25.3 Å². The molecule has 0 unspecified atom stereocenters. The Labute approximate surface area is 111 Å². The molecular formula is C16H26N2. The van der Waals surface area contributed by atoms with E-state index < -0.39 is 0 Å². The summed E-state index contributed by atoms with van der Waals surface area (Å²) < 4.78 is 0. The molecule has 2 heteroatoms. The Morgan fingerprint density at radius 1 is 1.22 bits per heavy atom. The first-order valence-corrected chi connectivity index (χ1v) is 7.31. The maximum Gasteiger partial charge on any atom is 0.0399 e. The molecule has 0 aliphatic carbocycles. The Bertz CT molecular complexity index is 360. The topological polar surface area (TPSA) is 15.3 Å². The zero-order valence-electron chi connectivity index (χ0n) is 11.8. The van der Waals surface area contributed by atoms with Crippen molar-refractivity contribution < 1.29 is 0 Å². The number of rotatable bonds is 7. The Hall–Kier alpha value is -1.02. The van der Waals surface area contributed by atoms with E-state index in [1.165, 1.54) is 37.1 Å². The van der Waals surface area contributed by atoms with E-state index in [-0.39, 0.29) is 0 Å². The average molecular weight is 246 g/mol. The lowest BCUT2D eigenvalue weighted by Crippen LogP contribution is -2.31. The molecule has 0 radical (unpaired) electrons. The summed E-state index contributed by atoms with van der Waals surface area (Å²) in [6, 6.07) is 8.80. The second-order valence-electron chi connectivity index (χ2n) is 5.65. The predicted octanol–water partition coefficient (Wildman–Crippen LogP) is 3.07. The van der Waals surface area contributed by atoms with Crippen LogP contribution in [-0.4, -0.2) is 26.2 Å². The van der Waals surface area contributed by atoms with Crippen molar-refractivity contribution in [2.45, 2.75) is 33.1 Å². The van der Waals surface area contributed by atoms with Crippen LogP contribution in [0.3, 0.4) is 0 Å². The number of fused-ring (bicyclic) bond motifs is 1. The van der Waals surface area contributed by atoms with Crippen LogP contribution in [0.25, 0.3) is 0 Å². The van der Waals surface area contributed by atoms with Gasteiger partial charge in [-0.15, -0.1) is 0 Å². The van der Waals surface area contributed by atoms with Crippen molar-refractivity contribution in [1.29, 1.82) is 0 Å². The minimum absolute atomic E-state index is 0.831. The fourth-order valence-electron chi connectivity index (χ4n) is 2.61. The molecule has 1 aliphatic heterocycles. The van der Waals surface area contributed by atoms with Crippen LogP contribution in [0.4, 0.5) is 5.69 Å². The molecule has 0 bridgehead atoms. The van der Waals surface area contributed by atoms with E-state index in [0.717, 1.165) is 25.6 Å². The average Bonchev–Trinajstić information content (AvgIpc) is 2.77. The summed E-state index contributed by atoms with van der Waals surface area (Å²) in [6.45, 7) is 9.17. The Kier molecular flexibility index (Phi) is 5.06. The van der Waals surface area contributed by atoms with E-state index in [0.29, 0.717) is 0 Å². The van der Waals surface area contributed by atoms with Gasteiger partial charge in [-0.25, -0.2) is 0 Å². The summed E-state index contributed by atoms with van der Waals surface area (Å²) in [5, 5.41) is 3.56. The van der Waals surface area contributed by atoms with Gasteiger partial charge in [0.25, 0.3) is 0 Å². The third-order valence-corrected chi connectivity index (χ3v) is 3.68. The van der Waals surface area contributed by atoms with Crippen molar-refractivity contribution >= 4 is 5.69 Å². The van der Waals surface area contributed by atoms with Gasteiger partial charge in [-0.3, -0.25) is 0 Å². The molecule has 1 aromatic carbocycles. The lowest BCUT2D eigenvalue weighted by atomic mass is 10.1. The van der Waals surface area contributed by atoms with Crippen molar-refractivity contribution in [3.8, 4) is 0 Å². The number of para-hydroxylation sites is 1. The van der Waals surface area contributed by atoms with E-state index >= 15 is 0 Å². The molecule has 0 saturated carbocycles. The molecule has 0 fully saturated rings. The summed E-state index contributed by atoms with van der Waals surface area (Å²) in [5.74, 6) is 0.831. The highest BCUT2D eigenvalue weighted by Crippen LogP contribution is 2.26. The number of hydrogen-bond donors (Lipinski definition) is 1. The van der Waals surface area contributed by atoms with Crippen LogP contribution in [0.1, 0.15) is 32.3 Å². The summed E-state index contributed by atoms with van der Waals surface area (Å²) >= 11 is 0. The highest BCUT2D eigenvalue weighted by Gasteiger charge is 2.16. The summed E-state index contributed by atoms with van der Waals surface area (Å²) in [5.41, 5.74) is 2.96. The monoisotopic (exact) mass is 246 g/mol. The van der Waals surface area contributed by atoms with Gasteiger partial charge in [0.05, 0.1) is 0 Å². The Morgan fingerprint density at radius 2 is 2.06 bits per heavy atom. The molecule has 1 heterocycles. The first kappa shape index (κ1) is 13.4. The van der Waals surface area contributed by atoms with Crippen LogP contribution >= 0.6 is 0 Å². The summed E-state index contributed by atoms with van der Waals surface area (Å²) in [6.07, 6.45) is 3.84. The van der Waals surface area contributed by atoms with E-state index in [4.69, 9.17) is 0 Å². The summed E-state index contributed by atoms with van der Waals surface area (Å²) in [4.78, 5) is 2.50. The lowest BCUT2D eigenvalue weighted by molar-refractivity contribution is 0.528. The van der Waals surface area contributed by atoms with Crippen LogP contribution in [-0.2, 0) is 6.42 Å². The third-order valence-electron chi connectivity index (χ3n) is 3.68. The second-order valence-corrected chi connectivity index (χ2v) is 5.65. The first-order chi connectivity index (χ1) is 8.77. The molecule has 1 N–H and O–H groups in total. The number of nitrogens with zero attached hydrogens (tertiary/aromatic N) is 1. The quantitative estimate of drug-likeness (QED) is 0.744. The zero-order chi connectivity index (χ0) is 12.8. The fourth-order valence-corrected chi connectivity index (χ4v) is 2.61. The van der Waals surface area contributed by atoms with Gasteiger partial charge in [-0.05, 0) is 43.4 Å². The Balaban J connectivity index is 1.64. The van der Waals surface area contributed by atoms with E-state index in [1.807, 2.05) is 0 Å². The molecule has 1 aliphatic rings. The molecule has 100 valence electrons. The van der Waals surface area contributed by atoms with Gasteiger partial charge in [0.1, 0.15) is 0 Å². The molecule has 2 nitrogen and oxygen atoms in total. The molecule has 1 aromatic rings. The van der Waals surface area contributed by atoms with Gasteiger partial charge in [-0.1, -0.05) is 32.0 Å². The van der Waals surface area contributed by atoms with Gasteiger partial charge < -0.3 is 10.2 Å². The maximum atomic E-state index is 3.56. The fraction of sp³-hybridized carbons (Fsp3) is 0.625.